The van der Waals surface area contributed by atoms with Crippen LogP contribution in [0.25, 0.3) is 11.8 Å². The molecular formula is C32H36F2N2O4S. The molecule has 0 radical (unpaired) electrons. The SMILES string of the molecule is C[C@]12Cc3cnn(-c4ccc(F)cc4)c3C=C1CC[C@@H]1[C@@H]2[C@@H](O)C[C@@]2(C)[C@H]1CC[C@]2(OC(=O)C1CC1)C(=O)SCF. The van der Waals surface area contributed by atoms with Crippen molar-refractivity contribution in [1.82, 2.24) is 9.78 Å². The first-order valence-corrected chi connectivity index (χ1v) is 15.8. The molecule has 4 fully saturated rings. The monoisotopic (exact) mass is 582 g/mol. The van der Waals surface area contributed by atoms with Crippen molar-refractivity contribution in [2.24, 2.45) is 34.5 Å². The van der Waals surface area contributed by atoms with E-state index in [-0.39, 0.29) is 40.9 Å². The molecule has 0 amide bonds. The number of benzene rings is 1. The lowest BCUT2D eigenvalue weighted by Gasteiger charge is -2.60. The minimum atomic E-state index is -1.41. The number of allylic oxidation sites excluding steroid dienone is 1. The van der Waals surface area contributed by atoms with Crippen molar-refractivity contribution < 1.29 is 28.2 Å². The van der Waals surface area contributed by atoms with Gasteiger partial charge < -0.3 is 9.84 Å². The molecule has 1 aromatic carbocycles. The molecule has 0 unspecified atom stereocenters. The highest BCUT2D eigenvalue weighted by atomic mass is 32.2. The zero-order chi connectivity index (χ0) is 28.7. The van der Waals surface area contributed by atoms with E-state index >= 15 is 0 Å². The molecule has 9 heteroatoms. The van der Waals surface area contributed by atoms with Crippen LogP contribution in [0, 0.1) is 40.3 Å². The second-order valence-corrected chi connectivity index (χ2v) is 14.2. The third-order valence-electron chi connectivity index (χ3n) is 11.3. The summed E-state index contributed by atoms with van der Waals surface area (Å²) in [7, 11) is 0. The van der Waals surface area contributed by atoms with Crippen LogP contribution >= 0.6 is 11.8 Å². The molecule has 0 spiro atoms. The number of hydrogen-bond donors (Lipinski definition) is 1. The predicted octanol–water partition coefficient (Wildman–Crippen LogP) is 6.04. The lowest BCUT2D eigenvalue weighted by Crippen LogP contribution is -2.62. The zero-order valence-corrected chi connectivity index (χ0v) is 24.3. The van der Waals surface area contributed by atoms with Gasteiger partial charge in [-0.15, -0.1) is 0 Å². The van der Waals surface area contributed by atoms with Gasteiger partial charge in [-0.25, -0.2) is 13.5 Å². The third-order valence-corrected chi connectivity index (χ3v) is 12.0. The maximum Gasteiger partial charge on any atom is 0.309 e. The average molecular weight is 583 g/mol. The first-order chi connectivity index (χ1) is 19.6. The van der Waals surface area contributed by atoms with Gasteiger partial charge in [0.1, 0.15) is 11.8 Å². The second kappa shape index (κ2) is 9.49. The molecule has 1 heterocycles. The first-order valence-electron chi connectivity index (χ1n) is 14.8. The number of aliphatic hydroxyl groups excluding tert-OH is 1. The molecule has 218 valence electrons. The lowest BCUT2D eigenvalue weighted by atomic mass is 9.45. The Morgan fingerprint density at radius 1 is 1.17 bits per heavy atom. The van der Waals surface area contributed by atoms with Gasteiger partial charge in [0.25, 0.3) is 0 Å². The van der Waals surface area contributed by atoms with Crippen molar-refractivity contribution >= 4 is 28.9 Å². The number of carbonyl (C=O) groups is 2. The fraction of sp³-hybridized carbons (Fsp3) is 0.594. The van der Waals surface area contributed by atoms with E-state index in [1.165, 1.54) is 17.7 Å². The Hall–Kier alpha value is -2.52. The van der Waals surface area contributed by atoms with E-state index < -0.39 is 28.2 Å². The van der Waals surface area contributed by atoms with Gasteiger partial charge in [-0.3, -0.25) is 9.59 Å². The molecule has 4 saturated carbocycles. The largest absolute Gasteiger partial charge is 0.449 e. The Balaban J connectivity index is 1.23. The molecule has 7 atom stereocenters. The highest BCUT2D eigenvalue weighted by molar-refractivity contribution is 8.13. The molecule has 5 aliphatic rings. The Morgan fingerprint density at radius 3 is 2.63 bits per heavy atom. The fourth-order valence-corrected chi connectivity index (χ4v) is 9.95. The highest BCUT2D eigenvalue weighted by Crippen LogP contribution is 2.69. The van der Waals surface area contributed by atoms with Crippen molar-refractivity contribution in [3.8, 4) is 5.69 Å². The van der Waals surface area contributed by atoms with Crippen LogP contribution in [0.4, 0.5) is 8.78 Å². The van der Waals surface area contributed by atoms with Crippen LogP contribution in [-0.4, -0.2) is 43.7 Å². The number of hydrogen-bond acceptors (Lipinski definition) is 6. The molecule has 2 aromatic rings. The molecule has 0 bridgehead atoms. The van der Waals surface area contributed by atoms with E-state index in [4.69, 9.17) is 4.74 Å². The number of thioether (sulfide) groups is 1. The topological polar surface area (TPSA) is 81.4 Å². The number of rotatable bonds is 5. The summed E-state index contributed by atoms with van der Waals surface area (Å²) < 4.78 is 35.0. The molecule has 6 nitrogen and oxygen atoms in total. The number of carbonyl (C=O) groups excluding carboxylic acids is 2. The zero-order valence-electron chi connectivity index (χ0n) is 23.4. The van der Waals surface area contributed by atoms with Gasteiger partial charge in [0.15, 0.2) is 5.60 Å². The third kappa shape index (κ3) is 3.94. The van der Waals surface area contributed by atoms with E-state index in [0.717, 1.165) is 49.0 Å². The van der Waals surface area contributed by atoms with Gasteiger partial charge in [-0.05, 0) is 122 Å². The van der Waals surface area contributed by atoms with Crippen LogP contribution in [-0.2, 0) is 20.7 Å². The molecule has 41 heavy (non-hydrogen) atoms. The molecular weight excluding hydrogens is 546 g/mol. The predicted molar refractivity (Wildman–Crippen MR) is 151 cm³/mol. The number of aromatic nitrogens is 2. The molecule has 0 saturated heterocycles. The maximum absolute atomic E-state index is 13.6. The minimum Gasteiger partial charge on any atom is -0.449 e. The minimum absolute atomic E-state index is 0.0261. The smallest absolute Gasteiger partial charge is 0.309 e. The summed E-state index contributed by atoms with van der Waals surface area (Å²) in [6, 6.07) is 5.46. The normalized spacial score (nSPS) is 37.3. The summed E-state index contributed by atoms with van der Waals surface area (Å²) in [6.07, 6.45) is 8.79. The number of halogens is 2. The number of nitrogens with zero attached hydrogens (tertiary/aromatic N) is 2. The summed E-state index contributed by atoms with van der Waals surface area (Å²) in [6.45, 7) is 4.25. The van der Waals surface area contributed by atoms with Crippen LogP contribution in [0.1, 0.15) is 70.1 Å². The highest BCUT2D eigenvalue weighted by Gasteiger charge is 2.71. The number of aliphatic hydroxyl groups is 1. The number of esters is 1. The molecule has 0 aliphatic heterocycles. The van der Waals surface area contributed by atoms with E-state index in [1.54, 1.807) is 12.1 Å². The van der Waals surface area contributed by atoms with Crippen LogP contribution < -0.4 is 0 Å². The van der Waals surface area contributed by atoms with E-state index in [9.17, 15) is 23.5 Å². The van der Waals surface area contributed by atoms with Gasteiger partial charge >= 0.3 is 5.97 Å². The van der Waals surface area contributed by atoms with E-state index in [2.05, 4.69) is 18.1 Å². The van der Waals surface area contributed by atoms with Gasteiger partial charge in [0.05, 0.1) is 29.6 Å². The molecule has 5 aliphatic carbocycles. The molecule has 1 N–H and O–H groups in total. The van der Waals surface area contributed by atoms with Crippen LogP contribution in [0.15, 0.2) is 36.0 Å². The maximum atomic E-state index is 13.6. The van der Waals surface area contributed by atoms with Crippen molar-refractivity contribution in [1.29, 1.82) is 0 Å². The van der Waals surface area contributed by atoms with Crippen LogP contribution in [0.5, 0.6) is 0 Å². The lowest BCUT2D eigenvalue weighted by molar-refractivity contribution is -0.197. The summed E-state index contributed by atoms with van der Waals surface area (Å²) >= 11 is 0.594. The van der Waals surface area contributed by atoms with Gasteiger partial charge in [-0.1, -0.05) is 19.4 Å². The van der Waals surface area contributed by atoms with Crippen molar-refractivity contribution in [2.45, 2.75) is 76.9 Å². The number of alkyl halides is 1. The Kier molecular flexibility index (Phi) is 6.33. The summed E-state index contributed by atoms with van der Waals surface area (Å²) in [4.78, 5) is 26.5. The number of ether oxygens (including phenoxy) is 1. The molecule has 7 rings (SSSR count). The second-order valence-electron chi connectivity index (χ2n) is 13.3. The van der Waals surface area contributed by atoms with Crippen LogP contribution in [0.3, 0.4) is 0 Å². The molecule has 1 aromatic heterocycles. The van der Waals surface area contributed by atoms with E-state index in [1.807, 2.05) is 17.8 Å². The van der Waals surface area contributed by atoms with Gasteiger partial charge in [0, 0.05) is 5.41 Å². The van der Waals surface area contributed by atoms with Crippen LogP contribution in [0.2, 0.25) is 0 Å². The average Bonchev–Trinajstić information content (AvgIpc) is 3.65. The standard InChI is InChI=1S/C32H36F2N2O4S/c1-30-14-19-16-35-36(22-8-6-21(34)7-9-22)25(19)13-20(30)5-10-23-24-11-12-32(29(39)41-17-33,40-28(38)18-3-4-18)31(24,2)15-26(37)27(23)30/h6-9,13,16,18,23-24,26-27,37H,3-5,10-12,14-15,17H2,1-2H3/t23-,24-,26-,27+,30-,31-,32-/m0/s1. The fourth-order valence-electron chi connectivity index (χ4n) is 9.25. The summed E-state index contributed by atoms with van der Waals surface area (Å²) in [5, 5.41) is 16.2. The van der Waals surface area contributed by atoms with Crippen molar-refractivity contribution in [3.63, 3.8) is 0 Å². The van der Waals surface area contributed by atoms with Gasteiger partial charge in [-0.2, -0.15) is 5.10 Å². The van der Waals surface area contributed by atoms with Crippen molar-refractivity contribution in [2.75, 3.05) is 6.01 Å². The Labute approximate surface area is 242 Å². The Morgan fingerprint density at radius 2 is 1.93 bits per heavy atom. The van der Waals surface area contributed by atoms with E-state index in [0.29, 0.717) is 31.0 Å². The summed E-state index contributed by atoms with van der Waals surface area (Å²) in [5.74, 6) is -0.622. The van der Waals surface area contributed by atoms with Crippen molar-refractivity contribution in [3.05, 3.63) is 53.1 Å². The van der Waals surface area contributed by atoms with Gasteiger partial charge in [0.2, 0.25) is 5.12 Å². The summed E-state index contributed by atoms with van der Waals surface area (Å²) in [5.41, 5.74) is 1.71. The first kappa shape index (κ1) is 27.3. The number of fused-ring (bicyclic) bond motifs is 6. The Bertz CT molecular complexity index is 1440. The quantitative estimate of drug-likeness (QED) is 0.433.